The molecule has 2 fully saturated rings. The van der Waals surface area contributed by atoms with Crippen molar-refractivity contribution in [3.05, 3.63) is 132 Å². The highest BCUT2D eigenvalue weighted by atomic mass is 16.6. The summed E-state index contributed by atoms with van der Waals surface area (Å²) in [4.78, 5) is 30.9. The summed E-state index contributed by atoms with van der Waals surface area (Å²) in [6.07, 6.45) is 7.47. The average Bonchev–Trinajstić information content (AvgIpc) is 4.20. The van der Waals surface area contributed by atoms with Crippen molar-refractivity contribution in [3.63, 3.8) is 0 Å². The fourth-order valence-electron chi connectivity index (χ4n) is 6.91. The fourth-order valence-corrected chi connectivity index (χ4v) is 6.91. The lowest BCUT2D eigenvalue weighted by Crippen LogP contribution is -2.32. The van der Waals surface area contributed by atoms with Crippen LogP contribution in [0.1, 0.15) is 73.1 Å². The molecule has 0 N–H and O–H groups in total. The molecular formula is C48H52N2O6. The molecule has 0 bridgehead atoms. The second-order valence-corrected chi connectivity index (χ2v) is 14.4. The fraction of sp³-hybridized carbons (Fsp3) is 0.333. The molecule has 0 saturated carbocycles. The Labute approximate surface area is 331 Å². The second-order valence-electron chi connectivity index (χ2n) is 14.4. The van der Waals surface area contributed by atoms with Gasteiger partial charge in [-0.15, -0.1) is 0 Å². The summed E-state index contributed by atoms with van der Waals surface area (Å²) in [5.74, 6) is 1.56. The van der Waals surface area contributed by atoms with Crippen LogP contribution >= 0.6 is 0 Å². The number of benzene rings is 5. The molecule has 8 heteroatoms. The molecule has 290 valence electrons. The van der Waals surface area contributed by atoms with E-state index in [9.17, 15) is 9.59 Å². The Hall–Kier alpha value is -5.44. The first kappa shape index (κ1) is 38.8. The van der Waals surface area contributed by atoms with E-state index in [4.69, 9.17) is 18.9 Å². The average molecular weight is 753 g/mol. The lowest BCUT2D eigenvalue weighted by atomic mass is 10.0. The quantitative estimate of drug-likeness (QED) is 0.0581. The summed E-state index contributed by atoms with van der Waals surface area (Å²) in [5, 5.41) is 0. The van der Waals surface area contributed by atoms with Gasteiger partial charge in [0.25, 0.3) is 11.8 Å². The summed E-state index contributed by atoms with van der Waals surface area (Å²) >= 11 is 0. The number of ether oxygens (including phenoxy) is 4. The molecule has 0 aromatic heterocycles. The third kappa shape index (κ3) is 10.4. The van der Waals surface area contributed by atoms with Gasteiger partial charge in [0, 0.05) is 35.6 Å². The van der Waals surface area contributed by atoms with Crippen LogP contribution in [0.15, 0.2) is 121 Å². The molecule has 2 amide bonds. The number of amides is 2. The summed E-state index contributed by atoms with van der Waals surface area (Å²) in [6, 6.07) is 39.3. The zero-order valence-electron chi connectivity index (χ0n) is 32.5. The van der Waals surface area contributed by atoms with Gasteiger partial charge in [0.15, 0.2) is 0 Å². The molecule has 2 atom stereocenters. The van der Waals surface area contributed by atoms with Crippen LogP contribution in [0, 0.1) is 0 Å². The molecule has 2 heterocycles. The molecule has 0 radical (unpaired) electrons. The second kappa shape index (κ2) is 18.9. The standard InChI is InChI=1S/C48H52N2O6/c1-3-49(47(51)39-15-11-35(12-16-39)37-19-27-43(28-20-37)53-31-7-5-9-45-33-55-45)41-23-25-42(26-24-41)50(4-2)48(52)40-17-13-36(14-18-40)38-21-29-44(30-22-38)54-32-8-6-10-46-34-56-46/h11-30,45-46H,3-10,31-34H2,1-2H3. The van der Waals surface area contributed by atoms with Crippen LogP contribution in [-0.2, 0) is 9.47 Å². The molecule has 2 unspecified atom stereocenters. The van der Waals surface area contributed by atoms with E-state index < -0.39 is 0 Å². The van der Waals surface area contributed by atoms with Crippen LogP contribution in [0.4, 0.5) is 11.4 Å². The van der Waals surface area contributed by atoms with Crippen LogP contribution in [0.5, 0.6) is 11.5 Å². The van der Waals surface area contributed by atoms with E-state index in [0.29, 0.717) is 49.6 Å². The summed E-state index contributed by atoms with van der Waals surface area (Å²) < 4.78 is 22.4. The maximum Gasteiger partial charge on any atom is 0.258 e. The Kier molecular flexibility index (Phi) is 13.1. The van der Waals surface area contributed by atoms with Gasteiger partial charge in [-0.2, -0.15) is 0 Å². The van der Waals surface area contributed by atoms with Crippen molar-refractivity contribution in [1.82, 2.24) is 0 Å². The molecule has 8 nitrogen and oxygen atoms in total. The van der Waals surface area contributed by atoms with Gasteiger partial charge in [-0.3, -0.25) is 9.59 Å². The summed E-state index contributed by atoms with van der Waals surface area (Å²) in [7, 11) is 0. The lowest BCUT2D eigenvalue weighted by Gasteiger charge is -2.24. The third-order valence-corrected chi connectivity index (χ3v) is 10.4. The van der Waals surface area contributed by atoms with Gasteiger partial charge in [-0.05, 0) is 147 Å². The van der Waals surface area contributed by atoms with Crippen LogP contribution in [0.3, 0.4) is 0 Å². The highest BCUT2D eigenvalue weighted by Crippen LogP contribution is 2.28. The Morgan fingerprint density at radius 1 is 0.500 bits per heavy atom. The van der Waals surface area contributed by atoms with Crippen molar-refractivity contribution in [1.29, 1.82) is 0 Å². The Balaban J connectivity index is 0.915. The first-order chi connectivity index (χ1) is 27.5. The van der Waals surface area contributed by atoms with Crippen molar-refractivity contribution in [2.24, 2.45) is 0 Å². The van der Waals surface area contributed by atoms with Gasteiger partial charge in [-0.25, -0.2) is 0 Å². The number of rotatable bonds is 20. The van der Waals surface area contributed by atoms with Crippen molar-refractivity contribution in [2.45, 2.75) is 64.6 Å². The minimum Gasteiger partial charge on any atom is -0.494 e. The molecule has 56 heavy (non-hydrogen) atoms. The van der Waals surface area contributed by atoms with Crippen molar-refractivity contribution in [3.8, 4) is 33.8 Å². The number of carbonyl (C=O) groups excluding carboxylic acids is 2. The van der Waals surface area contributed by atoms with E-state index >= 15 is 0 Å². The maximum absolute atomic E-state index is 13.7. The van der Waals surface area contributed by atoms with E-state index in [1.165, 1.54) is 0 Å². The highest BCUT2D eigenvalue weighted by molar-refractivity contribution is 6.08. The minimum absolute atomic E-state index is 0.0791. The van der Waals surface area contributed by atoms with E-state index in [1.54, 1.807) is 9.80 Å². The Morgan fingerprint density at radius 3 is 1.12 bits per heavy atom. The Morgan fingerprint density at radius 2 is 0.821 bits per heavy atom. The zero-order valence-corrected chi connectivity index (χ0v) is 32.5. The minimum atomic E-state index is -0.0791. The topological polar surface area (TPSA) is 84.1 Å². The highest BCUT2D eigenvalue weighted by Gasteiger charge is 2.22. The van der Waals surface area contributed by atoms with Gasteiger partial charge in [0.05, 0.1) is 38.6 Å². The molecule has 2 saturated heterocycles. The van der Waals surface area contributed by atoms with Crippen LogP contribution in [0.25, 0.3) is 22.3 Å². The summed E-state index contributed by atoms with van der Waals surface area (Å²) in [6.45, 7) is 8.17. The smallest absolute Gasteiger partial charge is 0.258 e. The predicted octanol–water partition coefficient (Wildman–Crippen LogP) is 10.2. The van der Waals surface area contributed by atoms with E-state index in [1.807, 2.05) is 111 Å². The van der Waals surface area contributed by atoms with Gasteiger partial charge < -0.3 is 28.7 Å². The van der Waals surface area contributed by atoms with Gasteiger partial charge in [-0.1, -0.05) is 48.5 Å². The zero-order chi connectivity index (χ0) is 38.7. The van der Waals surface area contributed by atoms with Gasteiger partial charge in [0.2, 0.25) is 0 Å². The molecule has 2 aliphatic rings. The molecule has 5 aromatic rings. The van der Waals surface area contributed by atoms with E-state index in [0.717, 1.165) is 96.9 Å². The van der Waals surface area contributed by atoms with Crippen LogP contribution in [0.2, 0.25) is 0 Å². The van der Waals surface area contributed by atoms with Crippen molar-refractivity contribution in [2.75, 3.05) is 49.3 Å². The Bertz CT molecular complexity index is 1860. The first-order valence-electron chi connectivity index (χ1n) is 20.1. The molecule has 2 aliphatic heterocycles. The molecule has 5 aromatic carbocycles. The maximum atomic E-state index is 13.7. The third-order valence-electron chi connectivity index (χ3n) is 10.4. The number of hydrogen-bond donors (Lipinski definition) is 0. The first-order valence-corrected chi connectivity index (χ1v) is 20.1. The SMILES string of the molecule is CCN(C(=O)c1ccc(-c2ccc(OCCCCC3CO3)cc2)cc1)c1ccc(N(CC)C(=O)c2ccc(-c3ccc(OCCCCC4CO4)cc3)cc2)cc1. The van der Waals surface area contributed by atoms with Crippen LogP contribution < -0.4 is 19.3 Å². The normalized spacial score (nSPS) is 15.5. The number of epoxide rings is 2. The van der Waals surface area contributed by atoms with E-state index in [2.05, 4.69) is 24.3 Å². The van der Waals surface area contributed by atoms with Gasteiger partial charge in [0.1, 0.15) is 11.5 Å². The molecule has 0 spiro atoms. The number of carbonyl (C=O) groups is 2. The van der Waals surface area contributed by atoms with E-state index in [-0.39, 0.29) is 11.8 Å². The number of unbranched alkanes of at least 4 members (excludes halogenated alkanes) is 2. The summed E-state index contributed by atoms with van der Waals surface area (Å²) in [5.41, 5.74) is 6.96. The number of nitrogens with zero attached hydrogens (tertiary/aromatic N) is 2. The van der Waals surface area contributed by atoms with Crippen molar-refractivity contribution < 1.29 is 28.5 Å². The number of anilines is 2. The predicted molar refractivity (Wildman–Crippen MR) is 223 cm³/mol. The molecular weight excluding hydrogens is 701 g/mol. The monoisotopic (exact) mass is 752 g/mol. The van der Waals surface area contributed by atoms with Gasteiger partial charge >= 0.3 is 0 Å². The van der Waals surface area contributed by atoms with Crippen LogP contribution in [-0.4, -0.2) is 63.5 Å². The molecule has 7 rings (SSSR count). The number of hydrogen-bond acceptors (Lipinski definition) is 6. The largest absolute Gasteiger partial charge is 0.494 e. The molecule has 0 aliphatic carbocycles. The van der Waals surface area contributed by atoms with Crippen molar-refractivity contribution >= 4 is 23.2 Å². The lowest BCUT2D eigenvalue weighted by molar-refractivity contribution is 0.0980.